The van der Waals surface area contributed by atoms with Crippen molar-refractivity contribution in [2.24, 2.45) is 5.41 Å². The van der Waals surface area contributed by atoms with E-state index in [1.807, 2.05) is 0 Å². The molecule has 1 N–H and O–H groups in total. The molecule has 1 saturated carbocycles. The number of likely N-dealkylation sites (tertiary alicyclic amines) is 1. The Bertz CT molecular complexity index is 891. The molecule has 0 aromatic carbocycles. The molecule has 1 atom stereocenters. The number of halogens is 1. The molecule has 3 aliphatic heterocycles. The Morgan fingerprint density at radius 3 is 2.66 bits per heavy atom. The molecule has 174 valence electrons. The Kier molecular flexibility index (Phi) is 5.92. The first-order valence-corrected chi connectivity index (χ1v) is 12.2. The Labute approximate surface area is 193 Å². The van der Waals surface area contributed by atoms with Gasteiger partial charge in [0.15, 0.2) is 0 Å². The van der Waals surface area contributed by atoms with E-state index in [4.69, 9.17) is 16.3 Å². The second-order valence-electron chi connectivity index (χ2n) is 9.63. The van der Waals surface area contributed by atoms with Crippen molar-refractivity contribution in [3.63, 3.8) is 0 Å². The van der Waals surface area contributed by atoms with E-state index in [1.54, 1.807) is 17.2 Å². The molecule has 4 fully saturated rings. The first-order valence-electron chi connectivity index (χ1n) is 11.8. The van der Waals surface area contributed by atoms with Gasteiger partial charge in [-0.25, -0.2) is 9.78 Å². The van der Waals surface area contributed by atoms with Gasteiger partial charge in [0.05, 0.1) is 35.0 Å². The first-order chi connectivity index (χ1) is 15.5. The molecule has 1 aromatic rings. The number of nitrogens with zero attached hydrogens (tertiary/aromatic N) is 4. The number of pyridine rings is 1. The molecular weight excluding hydrogens is 432 g/mol. The van der Waals surface area contributed by atoms with Crippen LogP contribution in [0.3, 0.4) is 0 Å². The van der Waals surface area contributed by atoms with Crippen LogP contribution in [-0.2, 0) is 9.53 Å². The highest BCUT2D eigenvalue weighted by atomic mass is 35.5. The maximum absolute atomic E-state index is 13.5. The quantitative estimate of drug-likeness (QED) is 0.742. The molecular formula is C23H31ClN4O4. The zero-order valence-corrected chi connectivity index (χ0v) is 19.1. The predicted octanol–water partition coefficient (Wildman–Crippen LogP) is 3.20. The van der Waals surface area contributed by atoms with E-state index in [-0.39, 0.29) is 29.6 Å². The van der Waals surface area contributed by atoms with Crippen molar-refractivity contribution in [2.45, 2.75) is 63.5 Å². The number of hydrogen-bond acceptors (Lipinski definition) is 6. The molecule has 9 heteroatoms. The highest BCUT2D eigenvalue weighted by Crippen LogP contribution is 2.44. The second kappa shape index (κ2) is 8.71. The minimum atomic E-state index is -0.380. The van der Waals surface area contributed by atoms with Crippen LogP contribution in [0, 0.1) is 5.41 Å². The summed E-state index contributed by atoms with van der Waals surface area (Å²) < 4.78 is 5.12. The van der Waals surface area contributed by atoms with Crippen LogP contribution in [-0.4, -0.2) is 71.9 Å². The third-order valence-electron chi connectivity index (χ3n) is 7.62. The third kappa shape index (κ3) is 3.92. The van der Waals surface area contributed by atoms with Crippen molar-refractivity contribution in [3.8, 4) is 0 Å². The summed E-state index contributed by atoms with van der Waals surface area (Å²) >= 11 is 6.62. The molecule has 2 amide bonds. The Morgan fingerprint density at radius 2 is 1.91 bits per heavy atom. The number of amides is 2. The number of carbonyl (C=O) groups is 2. The minimum Gasteiger partial charge on any atom is -0.449 e. The summed E-state index contributed by atoms with van der Waals surface area (Å²) in [5, 5.41) is 10.3. The van der Waals surface area contributed by atoms with Crippen LogP contribution in [0.1, 0.15) is 51.4 Å². The summed E-state index contributed by atoms with van der Waals surface area (Å²) in [6.45, 7) is 3.26. The van der Waals surface area contributed by atoms with Crippen LogP contribution < -0.4 is 9.80 Å². The number of aromatic nitrogens is 1. The monoisotopic (exact) mass is 462 g/mol. The highest BCUT2D eigenvalue weighted by Gasteiger charge is 2.51. The van der Waals surface area contributed by atoms with Crippen LogP contribution in [0.5, 0.6) is 0 Å². The lowest BCUT2D eigenvalue weighted by atomic mass is 9.78. The number of hydrogen-bond donors (Lipinski definition) is 1. The maximum atomic E-state index is 13.5. The lowest BCUT2D eigenvalue weighted by Gasteiger charge is -2.41. The minimum absolute atomic E-state index is 0.217. The van der Waals surface area contributed by atoms with Gasteiger partial charge in [0.25, 0.3) is 0 Å². The van der Waals surface area contributed by atoms with Gasteiger partial charge in [-0.2, -0.15) is 0 Å². The van der Waals surface area contributed by atoms with E-state index < -0.39 is 0 Å². The van der Waals surface area contributed by atoms with Gasteiger partial charge in [-0.3, -0.25) is 9.69 Å². The topological polar surface area (TPSA) is 86.2 Å². The molecule has 1 aromatic heterocycles. The Balaban J connectivity index is 1.31. The van der Waals surface area contributed by atoms with E-state index in [1.165, 1.54) is 0 Å². The fourth-order valence-electron chi connectivity index (χ4n) is 5.84. The second-order valence-corrected chi connectivity index (χ2v) is 10.0. The molecule has 8 nitrogen and oxygen atoms in total. The third-order valence-corrected chi connectivity index (χ3v) is 7.90. The van der Waals surface area contributed by atoms with Crippen LogP contribution in [0.2, 0.25) is 5.02 Å². The van der Waals surface area contributed by atoms with Crippen LogP contribution in [0.25, 0.3) is 0 Å². The summed E-state index contributed by atoms with van der Waals surface area (Å²) in [5.74, 6) is 0.930. The van der Waals surface area contributed by atoms with Gasteiger partial charge >= 0.3 is 6.09 Å². The number of anilines is 2. The normalized spacial score (nSPS) is 31.4. The van der Waals surface area contributed by atoms with Gasteiger partial charge in [0.2, 0.25) is 5.91 Å². The average Bonchev–Trinajstić information content (AvgIpc) is 3.10. The molecule has 32 heavy (non-hydrogen) atoms. The summed E-state index contributed by atoms with van der Waals surface area (Å²) in [7, 11) is 0. The van der Waals surface area contributed by atoms with Crippen LogP contribution in [0.4, 0.5) is 16.3 Å². The molecule has 0 bridgehead atoms. The molecule has 4 heterocycles. The van der Waals surface area contributed by atoms with Crippen molar-refractivity contribution >= 4 is 35.1 Å². The van der Waals surface area contributed by atoms with E-state index in [9.17, 15) is 14.7 Å². The number of rotatable bonds is 3. The molecule has 4 aliphatic rings. The standard InChI is InChI=1S/C23H31ClN4O4/c24-19-13-17(28-10-2-12-32-22(28)31)14-25-20(19)26-9-1-7-23(15-26)8-11-27(21(23)30)16-3-5-18(29)6-4-16/h13-14,16,18,29H,1-12,15H2/t16-,18+,23-/m1/s1. The Hall–Kier alpha value is -2.06. The van der Waals surface area contributed by atoms with Crippen molar-refractivity contribution in [3.05, 3.63) is 17.3 Å². The van der Waals surface area contributed by atoms with E-state index in [0.29, 0.717) is 36.2 Å². The summed E-state index contributed by atoms with van der Waals surface area (Å²) in [6, 6.07) is 2.03. The van der Waals surface area contributed by atoms with Gasteiger partial charge in [0.1, 0.15) is 5.82 Å². The van der Waals surface area contributed by atoms with E-state index >= 15 is 0 Å². The predicted molar refractivity (Wildman–Crippen MR) is 121 cm³/mol. The van der Waals surface area contributed by atoms with Crippen molar-refractivity contribution in [1.82, 2.24) is 9.88 Å². The van der Waals surface area contributed by atoms with Gasteiger partial charge in [-0.1, -0.05) is 11.6 Å². The van der Waals surface area contributed by atoms with Gasteiger partial charge in [-0.05, 0) is 57.4 Å². The van der Waals surface area contributed by atoms with Gasteiger partial charge < -0.3 is 19.6 Å². The number of carbonyl (C=O) groups excluding carboxylic acids is 2. The molecule has 5 rings (SSSR count). The lowest BCUT2D eigenvalue weighted by molar-refractivity contribution is -0.139. The Morgan fingerprint density at radius 1 is 1.09 bits per heavy atom. The SMILES string of the molecule is O=C1OCCCN1c1cnc(N2CCC[C@@]3(CCN([C@H]4CC[C@@H](O)CC4)C3=O)C2)c(Cl)c1. The fourth-order valence-corrected chi connectivity index (χ4v) is 6.12. The largest absolute Gasteiger partial charge is 0.449 e. The number of cyclic esters (lactones) is 1. The first kappa shape index (κ1) is 21.8. The zero-order valence-electron chi connectivity index (χ0n) is 18.3. The van der Waals surface area contributed by atoms with Gasteiger partial charge in [-0.15, -0.1) is 0 Å². The zero-order chi connectivity index (χ0) is 22.3. The summed E-state index contributed by atoms with van der Waals surface area (Å²) in [4.78, 5) is 36.0. The summed E-state index contributed by atoms with van der Waals surface area (Å²) in [6.07, 6.45) is 7.87. The van der Waals surface area contributed by atoms with E-state index in [0.717, 1.165) is 64.5 Å². The van der Waals surface area contributed by atoms with Crippen molar-refractivity contribution in [1.29, 1.82) is 0 Å². The van der Waals surface area contributed by atoms with Crippen LogP contribution >= 0.6 is 11.6 Å². The molecule has 3 saturated heterocycles. The molecule has 1 spiro atoms. The molecule has 1 aliphatic carbocycles. The molecule has 0 radical (unpaired) electrons. The smallest absolute Gasteiger partial charge is 0.414 e. The van der Waals surface area contributed by atoms with Gasteiger partial charge in [0, 0.05) is 32.2 Å². The lowest BCUT2D eigenvalue weighted by Crippen LogP contribution is -2.50. The van der Waals surface area contributed by atoms with Crippen molar-refractivity contribution < 1.29 is 19.4 Å². The fraction of sp³-hybridized carbons (Fsp3) is 0.696. The maximum Gasteiger partial charge on any atom is 0.414 e. The van der Waals surface area contributed by atoms with E-state index in [2.05, 4.69) is 14.8 Å². The van der Waals surface area contributed by atoms with Crippen LogP contribution in [0.15, 0.2) is 12.3 Å². The number of piperidine rings is 1. The number of ether oxygens (including phenoxy) is 1. The summed E-state index contributed by atoms with van der Waals surface area (Å²) in [5.41, 5.74) is 0.257. The highest BCUT2D eigenvalue weighted by molar-refractivity contribution is 6.33. The number of aliphatic hydroxyl groups is 1. The average molecular weight is 463 g/mol. The molecule has 0 unspecified atom stereocenters. The van der Waals surface area contributed by atoms with Crippen molar-refractivity contribution in [2.75, 3.05) is 42.6 Å². The number of aliphatic hydroxyl groups excluding tert-OH is 1.